The van der Waals surface area contributed by atoms with E-state index in [-0.39, 0.29) is 12.0 Å². The summed E-state index contributed by atoms with van der Waals surface area (Å²) in [6.07, 6.45) is 0.0866. The molecule has 2 aliphatic rings. The Labute approximate surface area is 194 Å². The van der Waals surface area contributed by atoms with Gasteiger partial charge >= 0.3 is 0 Å². The number of aryl methyl sites for hydroxylation is 1. The van der Waals surface area contributed by atoms with Gasteiger partial charge in [0.15, 0.2) is 0 Å². The maximum Gasteiger partial charge on any atom is 0.248 e. The Kier molecular flexibility index (Phi) is 7.15. The highest BCUT2D eigenvalue weighted by molar-refractivity contribution is 5.90. The third kappa shape index (κ3) is 5.29. The Morgan fingerprint density at radius 3 is 2.42 bits per heavy atom. The van der Waals surface area contributed by atoms with Crippen molar-refractivity contribution in [3.8, 4) is 5.75 Å². The van der Waals surface area contributed by atoms with Gasteiger partial charge in [0.2, 0.25) is 11.8 Å². The van der Waals surface area contributed by atoms with E-state index in [1.807, 2.05) is 66.2 Å². The van der Waals surface area contributed by atoms with Crippen LogP contribution in [0.4, 0.5) is 5.69 Å². The minimum Gasteiger partial charge on any atom is -0.489 e. The van der Waals surface area contributed by atoms with Gasteiger partial charge in [0, 0.05) is 38.4 Å². The Morgan fingerprint density at radius 1 is 1.03 bits per heavy atom. The van der Waals surface area contributed by atoms with Crippen molar-refractivity contribution in [3.63, 3.8) is 0 Å². The molecule has 2 heterocycles. The average molecular weight is 453 g/mol. The first-order valence-electron chi connectivity index (χ1n) is 11.4. The maximum atomic E-state index is 13.5. The van der Waals surface area contributed by atoms with Gasteiger partial charge in [0.25, 0.3) is 0 Å². The van der Waals surface area contributed by atoms with E-state index in [0.717, 1.165) is 30.1 Å². The zero-order valence-electron chi connectivity index (χ0n) is 19.2. The van der Waals surface area contributed by atoms with Crippen LogP contribution in [0.15, 0.2) is 54.6 Å². The Bertz CT molecular complexity index is 962. The molecule has 2 aromatic rings. The maximum absolute atomic E-state index is 13.5. The number of nitrogens with zero attached hydrogens (tertiary/aromatic N) is 3. The molecule has 3 atom stereocenters. The lowest BCUT2D eigenvalue weighted by molar-refractivity contribution is -0.151. The molecule has 176 valence electrons. The van der Waals surface area contributed by atoms with Gasteiger partial charge in [-0.1, -0.05) is 30.3 Å². The van der Waals surface area contributed by atoms with Gasteiger partial charge in [0.05, 0.1) is 5.92 Å². The molecule has 4 rings (SSSR count). The van der Waals surface area contributed by atoms with Crippen molar-refractivity contribution in [3.05, 3.63) is 60.2 Å². The summed E-state index contributed by atoms with van der Waals surface area (Å²) in [7, 11) is 1.84. The van der Waals surface area contributed by atoms with Crippen molar-refractivity contribution >= 4 is 17.5 Å². The summed E-state index contributed by atoms with van der Waals surface area (Å²) >= 11 is 0. The van der Waals surface area contributed by atoms with Crippen molar-refractivity contribution < 1.29 is 19.5 Å². The van der Waals surface area contributed by atoms with Crippen LogP contribution in [-0.4, -0.2) is 78.7 Å². The molecule has 0 aliphatic carbocycles. The molecular weight excluding hydrogens is 420 g/mol. The van der Waals surface area contributed by atoms with Gasteiger partial charge in [-0.3, -0.25) is 19.7 Å². The third-order valence-electron chi connectivity index (χ3n) is 6.57. The largest absolute Gasteiger partial charge is 0.489 e. The van der Waals surface area contributed by atoms with E-state index in [0.29, 0.717) is 26.1 Å². The Hall–Kier alpha value is -3.10. The predicted molar refractivity (Wildman–Crippen MR) is 125 cm³/mol. The number of piperidine rings is 1. The molecule has 2 aromatic carbocycles. The van der Waals surface area contributed by atoms with Gasteiger partial charge in [0.1, 0.15) is 17.9 Å². The fourth-order valence-electron chi connectivity index (χ4n) is 4.90. The molecule has 2 amide bonds. The molecule has 0 aromatic heterocycles. The summed E-state index contributed by atoms with van der Waals surface area (Å²) in [5.74, 6) is -0.602. The summed E-state index contributed by atoms with van der Waals surface area (Å²) < 4.78 is 6.13. The quantitative estimate of drug-likeness (QED) is 0.533. The number of para-hydroxylation sites is 1. The number of benzene rings is 2. The molecule has 8 heteroatoms. The van der Waals surface area contributed by atoms with Crippen LogP contribution in [0, 0.1) is 12.8 Å². The standard InChI is InChI=1S/C25H32N4O4/c1-18-7-6-10-20(15-18)33-21-16-22(24(30)26-32)23(27(2)17-21)25(31)29-13-11-28(12-14-29)19-8-4-3-5-9-19/h3-10,15,21-23,32H,11-14,16-17H2,1-2H3,(H,26,30)/t21-,22-,23-/m0/s1. The number of carbonyl (C=O) groups excluding carboxylic acids is 2. The number of amides is 2. The van der Waals surface area contributed by atoms with Gasteiger partial charge in [-0.05, 0) is 50.2 Å². The monoisotopic (exact) mass is 452 g/mol. The van der Waals surface area contributed by atoms with E-state index in [1.54, 1.807) is 5.48 Å². The number of hydroxylamine groups is 1. The van der Waals surface area contributed by atoms with Crippen LogP contribution in [0.2, 0.25) is 0 Å². The molecule has 0 saturated carbocycles. The summed E-state index contributed by atoms with van der Waals surface area (Å²) in [6, 6.07) is 17.3. The lowest BCUT2D eigenvalue weighted by Gasteiger charge is -2.44. The number of nitrogens with one attached hydrogen (secondary N) is 1. The number of hydrogen-bond acceptors (Lipinski definition) is 6. The second-order valence-electron chi connectivity index (χ2n) is 8.91. The Balaban J connectivity index is 1.43. The van der Waals surface area contributed by atoms with Gasteiger partial charge < -0.3 is 14.5 Å². The van der Waals surface area contributed by atoms with Crippen LogP contribution in [0.3, 0.4) is 0 Å². The number of ether oxygens (including phenoxy) is 1. The first kappa shape index (κ1) is 23.1. The van der Waals surface area contributed by atoms with E-state index >= 15 is 0 Å². The van der Waals surface area contributed by atoms with Crippen LogP contribution in [0.25, 0.3) is 0 Å². The molecule has 0 spiro atoms. The molecule has 8 nitrogen and oxygen atoms in total. The van der Waals surface area contributed by atoms with Crippen molar-refractivity contribution in [1.82, 2.24) is 15.3 Å². The van der Waals surface area contributed by atoms with Gasteiger partial charge in [-0.2, -0.15) is 0 Å². The van der Waals surface area contributed by atoms with E-state index in [2.05, 4.69) is 17.0 Å². The fourth-order valence-corrected chi connectivity index (χ4v) is 4.90. The van der Waals surface area contributed by atoms with E-state index in [9.17, 15) is 14.8 Å². The SMILES string of the molecule is Cc1cccc(O[C@H]2C[C@H](C(=O)NO)[C@@H](C(=O)N3CCN(c4ccccc4)CC3)N(C)C2)c1. The number of anilines is 1. The first-order valence-corrected chi connectivity index (χ1v) is 11.4. The number of rotatable bonds is 5. The molecule has 0 radical (unpaired) electrons. The lowest BCUT2D eigenvalue weighted by atomic mass is 9.86. The predicted octanol–water partition coefficient (Wildman–Crippen LogP) is 1.92. The average Bonchev–Trinajstić information content (AvgIpc) is 2.83. The van der Waals surface area contributed by atoms with Crippen LogP contribution in [-0.2, 0) is 9.59 Å². The minimum absolute atomic E-state index is 0.0761. The lowest BCUT2D eigenvalue weighted by Crippen LogP contribution is -2.62. The fraction of sp³-hybridized carbons (Fsp3) is 0.440. The topological polar surface area (TPSA) is 85.3 Å². The number of carbonyl (C=O) groups is 2. The van der Waals surface area contributed by atoms with E-state index in [1.165, 1.54) is 0 Å². The summed E-state index contributed by atoms with van der Waals surface area (Å²) in [6.45, 7) is 5.17. The molecular formula is C25H32N4O4. The molecule has 0 bridgehead atoms. The van der Waals surface area contributed by atoms with Crippen molar-refractivity contribution in [2.45, 2.75) is 25.5 Å². The molecule has 0 unspecified atom stereocenters. The highest BCUT2D eigenvalue weighted by atomic mass is 16.5. The molecule has 2 N–H and O–H groups in total. The smallest absolute Gasteiger partial charge is 0.248 e. The van der Waals surface area contributed by atoms with Crippen LogP contribution in [0.1, 0.15) is 12.0 Å². The Morgan fingerprint density at radius 2 is 1.76 bits per heavy atom. The first-order chi connectivity index (χ1) is 16.0. The second kappa shape index (κ2) is 10.2. The molecule has 2 saturated heterocycles. The van der Waals surface area contributed by atoms with Gasteiger partial charge in [-0.15, -0.1) is 0 Å². The summed E-state index contributed by atoms with van der Waals surface area (Å²) in [4.78, 5) is 32.1. The molecule has 2 aliphatic heterocycles. The highest BCUT2D eigenvalue weighted by Gasteiger charge is 2.45. The minimum atomic E-state index is -0.705. The molecule has 33 heavy (non-hydrogen) atoms. The normalized spacial score (nSPS) is 23.8. The zero-order valence-corrected chi connectivity index (χ0v) is 19.2. The van der Waals surface area contributed by atoms with Crippen molar-refractivity contribution in [2.75, 3.05) is 44.7 Å². The van der Waals surface area contributed by atoms with Crippen molar-refractivity contribution in [1.29, 1.82) is 0 Å². The van der Waals surface area contributed by atoms with E-state index < -0.39 is 17.9 Å². The van der Waals surface area contributed by atoms with Crippen LogP contribution in [0.5, 0.6) is 5.75 Å². The van der Waals surface area contributed by atoms with Crippen LogP contribution < -0.4 is 15.1 Å². The number of likely N-dealkylation sites (tertiary alicyclic amines) is 1. The van der Waals surface area contributed by atoms with Gasteiger partial charge in [-0.25, -0.2) is 5.48 Å². The number of piperazine rings is 1. The van der Waals surface area contributed by atoms with E-state index in [4.69, 9.17) is 4.74 Å². The molecule has 2 fully saturated rings. The summed E-state index contributed by atoms with van der Waals surface area (Å²) in [5, 5.41) is 9.37. The third-order valence-corrected chi connectivity index (χ3v) is 6.57. The highest BCUT2D eigenvalue weighted by Crippen LogP contribution is 2.29. The number of likely N-dealkylation sites (N-methyl/N-ethyl adjacent to an activating group) is 1. The summed E-state index contributed by atoms with van der Waals surface area (Å²) in [5.41, 5.74) is 4.00. The zero-order chi connectivity index (χ0) is 23.4. The number of hydrogen-bond donors (Lipinski definition) is 2. The second-order valence-corrected chi connectivity index (χ2v) is 8.91. The van der Waals surface area contributed by atoms with Crippen molar-refractivity contribution in [2.24, 2.45) is 5.92 Å². The van der Waals surface area contributed by atoms with Crippen LogP contribution >= 0.6 is 0 Å².